The molecule has 1 aliphatic rings. The van der Waals surface area contributed by atoms with Gasteiger partial charge in [-0.25, -0.2) is 0 Å². The van der Waals surface area contributed by atoms with Crippen LogP contribution in [0.2, 0.25) is 0 Å². The second-order valence-electron chi connectivity index (χ2n) is 5.33. The molecule has 1 aliphatic heterocycles. The van der Waals surface area contributed by atoms with Gasteiger partial charge in [0.2, 0.25) is 0 Å². The minimum atomic E-state index is 0.127. The maximum Gasteiger partial charge on any atom is 0.183 e. The third-order valence-electron chi connectivity index (χ3n) is 4.11. The largest absolute Gasteiger partial charge is 0.451 e. The highest BCUT2D eigenvalue weighted by Gasteiger charge is 2.25. The van der Waals surface area contributed by atoms with E-state index in [2.05, 4.69) is 61.0 Å². The molecule has 0 spiro atoms. The van der Waals surface area contributed by atoms with Crippen LogP contribution in [0.4, 0.5) is 0 Å². The molecular weight excluding hydrogens is 396 g/mol. The molecule has 21 heavy (non-hydrogen) atoms. The molecule has 2 heterocycles. The average Bonchev–Trinajstić information content (AvgIpc) is 2.71. The van der Waals surface area contributed by atoms with E-state index in [0.29, 0.717) is 6.54 Å². The summed E-state index contributed by atoms with van der Waals surface area (Å²) in [4.78, 5) is 2.43. The molecule has 0 radical (unpaired) electrons. The van der Waals surface area contributed by atoms with E-state index < -0.39 is 0 Å². The van der Waals surface area contributed by atoms with Crippen LogP contribution < -0.4 is 5.73 Å². The molecule has 3 rings (SSSR count). The second-order valence-corrected chi connectivity index (χ2v) is 6.90. The molecule has 1 aromatic carbocycles. The van der Waals surface area contributed by atoms with Crippen LogP contribution in [0.5, 0.6) is 0 Å². The number of halogens is 2. The molecule has 0 saturated carbocycles. The molecule has 0 aliphatic carbocycles. The minimum Gasteiger partial charge on any atom is -0.451 e. The van der Waals surface area contributed by atoms with Crippen molar-refractivity contribution in [1.82, 2.24) is 4.90 Å². The predicted octanol–water partition coefficient (Wildman–Crippen LogP) is 3.91. The van der Waals surface area contributed by atoms with Crippen LogP contribution in [-0.2, 0) is 12.8 Å². The van der Waals surface area contributed by atoms with Crippen LogP contribution in [0.1, 0.15) is 22.9 Å². The van der Waals surface area contributed by atoms with Crippen molar-refractivity contribution < 1.29 is 4.42 Å². The smallest absolute Gasteiger partial charge is 0.183 e. The van der Waals surface area contributed by atoms with Gasteiger partial charge >= 0.3 is 0 Å². The molecule has 5 heteroatoms. The maximum absolute atomic E-state index is 6.02. The monoisotopic (exact) mass is 412 g/mol. The van der Waals surface area contributed by atoms with E-state index in [-0.39, 0.29) is 6.04 Å². The van der Waals surface area contributed by atoms with E-state index in [0.717, 1.165) is 40.8 Å². The van der Waals surface area contributed by atoms with Crippen molar-refractivity contribution in [2.45, 2.75) is 18.9 Å². The molecule has 3 nitrogen and oxygen atoms in total. The molecule has 1 aromatic heterocycles. The van der Waals surface area contributed by atoms with Crippen LogP contribution in [-0.4, -0.2) is 24.5 Å². The van der Waals surface area contributed by atoms with Gasteiger partial charge in [0.15, 0.2) is 4.67 Å². The van der Waals surface area contributed by atoms with Gasteiger partial charge in [0.1, 0.15) is 5.76 Å². The minimum absolute atomic E-state index is 0.127. The quantitative estimate of drug-likeness (QED) is 0.829. The summed E-state index contributed by atoms with van der Waals surface area (Å²) < 4.78 is 7.46. The van der Waals surface area contributed by atoms with Crippen LogP contribution >= 0.6 is 31.9 Å². The number of nitrogens with zero attached hydrogens (tertiary/aromatic N) is 1. The Morgan fingerprint density at radius 2 is 1.76 bits per heavy atom. The average molecular weight is 414 g/mol. The summed E-state index contributed by atoms with van der Waals surface area (Å²) in [6.45, 7) is 2.58. The molecule has 112 valence electrons. The van der Waals surface area contributed by atoms with Crippen molar-refractivity contribution in [2.75, 3.05) is 19.6 Å². The van der Waals surface area contributed by atoms with Crippen molar-refractivity contribution in [3.8, 4) is 0 Å². The van der Waals surface area contributed by atoms with Crippen molar-refractivity contribution in [2.24, 2.45) is 5.73 Å². The summed E-state index contributed by atoms with van der Waals surface area (Å²) in [5.74, 6) is 0.919. The Morgan fingerprint density at radius 3 is 2.24 bits per heavy atom. The summed E-state index contributed by atoms with van der Waals surface area (Å²) in [6, 6.07) is 10.8. The summed E-state index contributed by atoms with van der Waals surface area (Å²) in [6.07, 6.45) is 2.13. The van der Waals surface area contributed by atoms with Gasteiger partial charge < -0.3 is 10.2 Å². The lowest BCUT2D eigenvalue weighted by Crippen LogP contribution is -2.35. The number of furan rings is 1. The Balaban J connectivity index is 1.80. The normalized spacial score (nSPS) is 17.3. The van der Waals surface area contributed by atoms with E-state index in [1.54, 1.807) is 0 Å². The van der Waals surface area contributed by atoms with Crippen LogP contribution in [0.15, 0.2) is 43.9 Å². The van der Waals surface area contributed by atoms with Gasteiger partial charge in [-0.1, -0.05) is 24.3 Å². The Kier molecular flexibility index (Phi) is 4.84. The zero-order valence-electron chi connectivity index (χ0n) is 11.7. The van der Waals surface area contributed by atoms with Crippen molar-refractivity contribution in [3.05, 3.63) is 56.4 Å². The van der Waals surface area contributed by atoms with Gasteiger partial charge in [-0.05, 0) is 61.9 Å². The first-order chi connectivity index (χ1) is 10.2. The highest BCUT2D eigenvalue weighted by molar-refractivity contribution is 9.13. The second kappa shape index (κ2) is 6.65. The zero-order valence-corrected chi connectivity index (χ0v) is 14.9. The number of hydrogen-bond donors (Lipinski definition) is 1. The van der Waals surface area contributed by atoms with Gasteiger partial charge in [0.25, 0.3) is 0 Å². The van der Waals surface area contributed by atoms with Gasteiger partial charge in [-0.3, -0.25) is 4.90 Å². The fraction of sp³-hybridized carbons (Fsp3) is 0.375. The first kappa shape index (κ1) is 15.3. The topological polar surface area (TPSA) is 42.4 Å². The molecule has 1 atom stereocenters. The Hall–Kier alpha value is -0.620. The lowest BCUT2D eigenvalue weighted by Gasteiger charge is -2.27. The zero-order chi connectivity index (χ0) is 14.8. The summed E-state index contributed by atoms with van der Waals surface area (Å²) >= 11 is 6.88. The lowest BCUT2D eigenvalue weighted by molar-refractivity contribution is 0.186. The van der Waals surface area contributed by atoms with E-state index in [1.807, 2.05) is 6.07 Å². The summed E-state index contributed by atoms with van der Waals surface area (Å²) in [5, 5.41) is 0. The van der Waals surface area contributed by atoms with Crippen LogP contribution in [0.3, 0.4) is 0 Å². The Bertz CT molecular complexity index is 580. The van der Waals surface area contributed by atoms with Crippen LogP contribution in [0.25, 0.3) is 0 Å². The standard InChI is InChI=1S/C16H18Br2N2O/c17-13-9-15(21-16(13)18)14(10-19)20-7-5-11-3-1-2-4-12(11)6-8-20/h1-4,9,14H,5-8,10,19H2. The van der Waals surface area contributed by atoms with Crippen molar-refractivity contribution in [1.29, 1.82) is 0 Å². The van der Waals surface area contributed by atoms with Gasteiger partial charge in [0.05, 0.1) is 10.5 Å². The summed E-state index contributed by atoms with van der Waals surface area (Å²) in [5.41, 5.74) is 8.93. The number of rotatable bonds is 3. The molecule has 0 amide bonds. The first-order valence-electron chi connectivity index (χ1n) is 7.14. The molecule has 1 unspecified atom stereocenters. The van der Waals surface area contributed by atoms with Gasteiger partial charge in [0, 0.05) is 19.6 Å². The Morgan fingerprint density at radius 1 is 1.14 bits per heavy atom. The number of nitrogens with two attached hydrogens (primary N) is 1. The van der Waals surface area contributed by atoms with Gasteiger partial charge in [-0.2, -0.15) is 0 Å². The summed E-state index contributed by atoms with van der Waals surface area (Å²) in [7, 11) is 0. The van der Waals surface area contributed by atoms with Gasteiger partial charge in [-0.15, -0.1) is 0 Å². The SMILES string of the molecule is NCC(c1cc(Br)c(Br)o1)N1CCc2ccccc2CC1. The number of hydrogen-bond acceptors (Lipinski definition) is 3. The van der Waals surface area contributed by atoms with E-state index in [1.165, 1.54) is 11.1 Å². The molecule has 2 N–H and O–H groups in total. The third kappa shape index (κ3) is 3.26. The molecule has 0 fully saturated rings. The van der Waals surface area contributed by atoms with Crippen molar-refractivity contribution in [3.63, 3.8) is 0 Å². The molecular formula is C16H18Br2N2O. The van der Waals surface area contributed by atoms with Crippen molar-refractivity contribution >= 4 is 31.9 Å². The Labute approximate surface area is 141 Å². The maximum atomic E-state index is 6.02. The fourth-order valence-electron chi connectivity index (χ4n) is 2.97. The molecule has 2 aromatic rings. The van der Waals surface area contributed by atoms with Crippen LogP contribution in [0, 0.1) is 0 Å². The first-order valence-corrected chi connectivity index (χ1v) is 8.73. The van der Waals surface area contributed by atoms with E-state index in [9.17, 15) is 0 Å². The van der Waals surface area contributed by atoms with E-state index >= 15 is 0 Å². The predicted molar refractivity (Wildman–Crippen MR) is 91.3 cm³/mol. The molecule has 0 saturated heterocycles. The van der Waals surface area contributed by atoms with E-state index in [4.69, 9.17) is 10.2 Å². The third-order valence-corrected chi connectivity index (χ3v) is 5.82. The number of fused-ring (bicyclic) bond motifs is 1. The highest BCUT2D eigenvalue weighted by atomic mass is 79.9. The fourth-order valence-corrected chi connectivity index (χ4v) is 3.58. The molecule has 0 bridgehead atoms. The lowest BCUT2D eigenvalue weighted by atomic mass is 10.0. The number of benzene rings is 1. The highest BCUT2D eigenvalue weighted by Crippen LogP contribution is 2.32.